The molecule has 0 bridgehead atoms. The van der Waals surface area contributed by atoms with Crippen LogP contribution in [-0.4, -0.2) is 54.0 Å². The zero-order chi connectivity index (χ0) is 25.2. The Morgan fingerprint density at radius 3 is 2.28 bits per heavy atom. The van der Waals surface area contributed by atoms with E-state index < -0.39 is 22.4 Å². The van der Waals surface area contributed by atoms with Crippen molar-refractivity contribution in [2.24, 2.45) is 4.99 Å². The Labute approximate surface area is 208 Å². The highest BCUT2D eigenvalue weighted by atomic mass is 32.2. The molecule has 10 nitrogen and oxygen atoms in total. The van der Waals surface area contributed by atoms with E-state index in [2.05, 4.69) is 31.0 Å². The second kappa shape index (κ2) is 9.64. The summed E-state index contributed by atoms with van der Waals surface area (Å²) in [6.45, 7) is 1.93. The van der Waals surface area contributed by atoms with Gasteiger partial charge in [-0.3, -0.25) is 4.79 Å². The number of aromatic nitrogens is 4. The van der Waals surface area contributed by atoms with Crippen molar-refractivity contribution in [3.05, 3.63) is 83.9 Å². The standard InChI is InChI=1S/C25H21N7O3S/c1-15-29-32(25(36(15)2)26-23(33)20-9-5-6-10-21(20)24(34)35)17-13-11-16(12-14-17)18-7-3-4-8-19(18)22-27-30-31-28-22/h3-14,29H,1-2H3,(H,34,35)(H,27,28,30,31). The number of H-pyrrole nitrogens is 1. The highest BCUT2D eigenvalue weighted by Gasteiger charge is 2.26. The molecule has 0 aliphatic carbocycles. The molecule has 0 saturated carbocycles. The minimum atomic E-state index is -1.17. The van der Waals surface area contributed by atoms with Crippen molar-refractivity contribution in [1.29, 1.82) is 0 Å². The molecule has 180 valence electrons. The van der Waals surface area contributed by atoms with Gasteiger partial charge in [0.2, 0.25) is 5.82 Å². The predicted molar refractivity (Wildman–Crippen MR) is 140 cm³/mol. The van der Waals surface area contributed by atoms with Gasteiger partial charge in [0.15, 0.2) is 5.17 Å². The fourth-order valence-corrected chi connectivity index (χ4v) is 4.99. The maximum Gasteiger partial charge on any atom is 0.336 e. The van der Waals surface area contributed by atoms with Gasteiger partial charge in [-0.15, -0.1) is 20.7 Å². The Morgan fingerprint density at radius 1 is 0.944 bits per heavy atom. The fourth-order valence-electron chi connectivity index (χ4n) is 3.84. The molecule has 1 amide bonds. The number of aromatic carboxylic acids is 1. The Morgan fingerprint density at radius 2 is 1.61 bits per heavy atom. The molecule has 11 heteroatoms. The molecule has 1 aliphatic rings. The van der Waals surface area contributed by atoms with Crippen molar-refractivity contribution in [2.45, 2.75) is 6.92 Å². The summed E-state index contributed by atoms with van der Waals surface area (Å²) in [5.41, 5.74) is 6.80. The zero-order valence-corrected chi connectivity index (χ0v) is 20.2. The number of amides is 1. The molecule has 1 aromatic heterocycles. The number of aliphatic imine (C=N–C) groups is 1. The molecule has 4 aromatic rings. The minimum Gasteiger partial charge on any atom is -0.478 e. The Kier molecular flexibility index (Phi) is 6.23. The number of carboxylic acids is 1. The summed E-state index contributed by atoms with van der Waals surface area (Å²) < 4.78 is 0. The number of aromatic amines is 1. The number of anilines is 1. The van der Waals surface area contributed by atoms with Crippen LogP contribution in [0.15, 0.2) is 77.8 Å². The van der Waals surface area contributed by atoms with E-state index in [0.29, 0.717) is 11.0 Å². The monoisotopic (exact) mass is 499 g/mol. The number of amidine groups is 1. The lowest BCUT2D eigenvalue weighted by atomic mass is 9.99. The molecule has 0 saturated heterocycles. The number of nitrogens with zero attached hydrogens (tertiary/aromatic N) is 5. The van der Waals surface area contributed by atoms with Crippen LogP contribution < -0.4 is 10.4 Å². The molecule has 3 aromatic carbocycles. The number of tetrazole rings is 1. The lowest BCUT2D eigenvalue weighted by Crippen LogP contribution is -2.38. The van der Waals surface area contributed by atoms with Crippen molar-refractivity contribution in [3.63, 3.8) is 0 Å². The van der Waals surface area contributed by atoms with E-state index >= 15 is 0 Å². The molecule has 5 rings (SSSR count). The van der Waals surface area contributed by atoms with Gasteiger partial charge in [0.05, 0.1) is 16.8 Å². The van der Waals surface area contributed by atoms with E-state index in [-0.39, 0.29) is 11.1 Å². The second-order valence-electron chi connectivity index (χ2n) is 7.89. The predicted octanol–water partition coefficient (Wildman–Crippen LogP) is 3.80. The van der Waals surface area contributed by atoms with Crippen LogP contribution in [-0.2, 0) is 0 Å². The molecule has 0 radical (unpaired) electrons. The van der Waals surface area contributed by atoms with Crippen LogP contribution in [0.4, 0.5) is 5.69 Å². The van der Waals surface area contributed by atoms with Gasteiger partial charge in [-0.05, 0) is 53.8 Å². The van der Waals surface area contributed by atoms with Gasteiger partial charge in [0, 0.05) is 10.6 Å². The van der Waals surface area contributed by atoms with Gasteiger partial charge in [-0.25, -0.2) is 9.80 Å². The number of hydrazine groups is 1. The van der Waals surface area contributed by atoms with E-state index in [1.165, 1.54) is 12.1 Å². The fraction of sp³-hybridized carbons (Fsp3) is 0.0800. The molecule has 2 heterocycles. The van der Waals surface area contributed by atoms with Crippen LogP contribution >= 0.6 is 10.5 Å². The van der Waals surface area contributed by atoms with Crippen molar-refractivity contribution >= 4 is 38.2 Å². The molecule has 36 heavy (non-hydrogen) atoms. The normalized spacial score (nSPS) is 16.5. The third-order valence-corrected chi connectivity index (χ3v) is 7.56. The van der Waals surface area contributed by atoms with Crippen LogP contribution in [0.1, 0.15) is 27.6 Å². The van der Waals surface area contributed by atoms with Crippen molar-refractivity contribution in [2.75, 3.05) is 11.3 Å². The van der Waals surface area contributed by atoms with Gasteiger partial charge < -0.3 is 5.11 Å². The number of hydrogen-bond acceptors (Lipinski definition) is 6. The third kappa shape index (κ3) is 4.32. The summed E-state index contributed by atoms with van der Waals surface area (Å²) in [7, 11) is -0.477. The third-order valence-electron chi connectivity index (χ3n) is 5.73. The first-order chi connectivity index (χ1) is 17.4. The lowest BCUT2D eigenvalue weighted by molar-refractivity contribution is 0.0692. The van der Waals surface area contributed by atoms with E-state index in [0.717, 1.165) is 27.4 Å². The Hall–Kier alpha value is -4.48. The van der Waals surface area contributed by atoms with Gasteiger partial charge in [-0.2, -0.15) is 15.6 Å². The summed E-state index contributed by atoms with van der Waals surface area (Å²) in [6, 6.07) is 21.7. The lowest BCUT2D eigenvalue weighted by Gasteiger charge is -2.20. The van der Waals surface area contributed by atoms with Crippen LogP contribution in [0.3, 0.4) is 0 Å². The summed E-state index contributed by atoms with van der Waals surface area (Å²) in [4.78, 5) is 29.9. The maximum absolute atomic E-state index is 13.0. The highest BCUT2D eigenvalue weighted by molar-refractivity contribution is 8.28. The van der Waals surface area contributed by atoms with Crippen LogP contribution in [0.5, 0.6) is 0 Å². The van der Waals surface area contributed by atoms with Crippen LogP contribution in [0.25, 0.3) is 22.5 Å². The number of carbonyl (C=O) groups excluding carboxylic acids is 1. The number of hydrogen-bond donors (Lipinski definition) is 3. The van der Waals surface area contributed by atoms with Crippen molar-refractivity contribution < 1.29 is 14.7 Å². The van der Waals surface area contributed by atoms with E-state index in [1.807, 2.05) is 61.7 Å². The Balaban J connectivity index is 1.48. The molecule has 1 unspecified atom stereocenters. The number of carboxylic acid groups (broad SMARTS) is 1. The van der Waals surface area contributed by atoms with Crippen molar-refractivity contribution in [1.82, 2.24) is 26.0 Å². The summed E-state index contributed by atoms with van der Waals surface area (Å²) in [6.07, 6.45) is 1.97. The number of nitrogens with one attached hydrogen (secondary N) is 2. The average Bonchev–Trinajstić information content (AvgIpc) is 3.53. The summed E-state index contributed by atoms with van der Waals surface area (Å²) >= 11 is 0. The van der Waals surface area contributed by atoms with Gasteiger partial charge in [-0.1, -0.05) is 48.5 Å². The molecular formula is C25H21N7O3S. The topological polar surface area (TPSA) is 136 Å². The number of benzene rings is 3. The smallest absolute Gasteiger partial charge is 0.336 e. The van der Waals surface area contributed by atoms with Gasteiger partial charge in [0.1, 0.15) is 0 Å². The first kappa shape index (κ1) is 23.3. The zero-order valence-electron chi connectivity index (χ0n) is 19.3. The highest BCUT2D eigenvalue weighted by Crippen LogP contribution is 2.32. The quantitative estimate of drug-likeness (QED) is 0.353. The molecule has 1 aliphatic heterocycles. The molecule has 3 N–H and O–H groups in total. The maximum atomic E-state index is 13.0. The average molecular weight is 500 g/mol. The molecule has 1 atom stereocenters. The molecular weight excluding hydrogens is 478 g/mol. The Bertz CT molecular complexity index is 1530. The SMILES string of the molecule is CC1=S(C)C(=NC(=O)c2ccccc2C(=O)O)N(c2ccc(-c3ccccc3-c3nn[nH]n3)cc2)N1. The van der Waals surface area contributed by atoms with Crippen LogP contribution in [0, 0.1) is 0 Å². The largest absolute Gasteiger partial charge is 0.478 e. The number of carbonyl (C=O) groups is 2. The van der Waals surface area contributed by atoms with Gasteiger partial charge >= 0.3 is 5.97 Å². The van der Waals surface area contributed by atoms with E-state index in [4.69, 9.17) is 0 Å². The van der Waals surface area contributed by atoms with Crippen molar-refractivity contribution in [3.8, 4) is 22.5 Å². The minimum absolute atomic E-state index is 0.0485. The van der Waals surface area contributed by atoms with Crippen LogP contribution in [0.2, 0.25) is 0 Å². The van der Waals surface area contributed by atoms with E-state index in [9.17, 15) is 14.7 Å². The first-order valence-electron chi connectivity index (χ1n) is 10.9. The molecule has 0 spiro atoms. The summed E-state index contributed by atoms with van der Waals surface area (Å²) in [5.74, 6) is -1.27. The molecule has 0 fully saturated rings. The second-order valence-corrected chi connectivity index (χ2v) is 9.89. The van der Waals surface area contributed by atoms with E-state index in [1.54, 1.807) is 17.1 Å². The number of rotatable bonds is 5. The van der Waals surface area contributed by atoms with Gasteiger partial charge in [0.25, 0.3) is 5.91 Å². The first-order valence-corrected chi connectivity index (χ1v) is 12.5. The summed E-state index contributed by atoms with van der Waals surface area (Å²) in [5, 5.41) is 26.1.